The molecule has 0 radical (unpaired) electrons. The van der Waals surface area contributed by atoms with Crippen LogP contribution in [0.25, 0.3) is 0 Å². The monoisotopic (exact) mass is 495 g/mol. The van der Waals surface area contributed by atoms with Crippen LogP contribution in [0.4, 0.5) is 0 Å². The SMILES string of the molecule is CCNC(=NCCNC(=O)C(C)C)NC1CCCC(C(=O)NC(C)C)C1.I. The van der Waals surface area contributed by atoms with Crippen molar-refractivity contribution < 1.29 is 9.59 Å². The van der Waals surface area contributed by atoms with Crippen molar-refractivity contribution in [3.8, 4) is 0 Å². The summed E-state index contributed by atoms with van der Waals surface area (Å²) in [5.74, 6) is 1.01. The van der Waals surface area contributed by atoms with Crippen molar-refractivity contribution >= 4 is 41.8 Å². The summed E-state index contributed by atoms with van der Waals surface area (Å²) in [6.07, 6.45) is 3.86. The Labute approximate surface area is 181 Å². The van der Waals surface area contributed by atoms with Crippen molar-refractivity contribution in [1.29, 1.82) is 0 Å². The quantitative estimate of drug-likeness (QED) is 0.179. The van der Waals surface area contributed by atoms with E-state index in [1.165, 1.54) is 0 Å². The number of halogens is 1. The van der Waals surface area contributed by atoms with Gasteiger partial charge in [-0.2, -0.15) is 0 Å². The zero-order chi connectivity index (χ0) is 19.5. The van der Waals surface area contributed by atoms with E-state index in [0.29, 0.717) is 13.1 Å². The number of hydrogen-bond donors (Lipinski definition) is 4. The molecule has 4 N–H and O–H groups in total. The first-order valence-electron chi connectivity index (χ1n) is 9.96. The van der Waals surface area contributed by atoms with Gasteiger partial charge < -0.3 is 21.3 Å². The van der Waals surface area contributed by atoms with Gasteiger partial charge in [-0.25, -0.2) is 0 Å². The number of guanidine groups is 1. The Bertz CT molecular complexity index is 483. The molecule has 0 heterocycles. The zero-order valence-corrected chi connectivity index (χ0v) is 19.8. The first kappa shape index (κ1) is 25.9. The smallest absolute Gasteiger partial charge is 0.223 e. The van der Waals surface area contributed by atoms with E-state index in [2.05, 4.69) is 26.3 Å². The Morgan fingerprint density at radius 3 is 2.41 bits per heavy atom. The molecule has 27 heavy (non-hydrogen) atoms. The third kappa shape index (κ3) is 10.8. The third-order valence-corrected chi connectivity index (χ3v) is 4.37. The average molecular weight is 495 g/mol. The van der Waals surface area contributed by atoms with Crippen LogP contribution in [0.5, 0.6) is 0 Å². The molecule has 1 aliphatic rings. The Hall–Kier alpha value is -1.06. The molecule has 0 aromatic heterocycles. The van der Waals surface area contributed by atoms with Gasteiger partial charge in [0.05, 0.1) is 6.54 Å². The van der Waals surface area contributed by atoms with Crippen LogP contribution in [-0.2, 0) is 9.59 Å². The van der Waals surface area contributed by atoms with E-state index >= 15 is 0 Å². The highest BCUT2D eigenvalue weighted by Gasteiger charge is 2.27. The number of carbonyl (C=O) groups is 2. The van der Waals surface area contributed by atoms with E-state index in [4.69, 9.17) is 0 Å². The number of carbonyl (C=O) groups excluding carboxylic acids is 2. The molecule has 2 atom stereocenters. The predicted octanol–water partition coefficient (Wildman–Crippen LogP) is 2.02. The van der Waals surface area contributed by atoms with Crippen LogP contribution in [0.3, 0.4) is 0 Å². The molecule has 0 aromatic rings. The van der Waals surface area contributed by atoms with Crippen molar-refractivity contribution in [2.45, 2.75) is 72.4 Å². The Balaban J connectivity index is 0.00000676. The lowest BCUT2D eigenvalue weighted by Gasteiger charge is -2.30. The maximum atomic E-state index is 12.3. The molecule has 2 unspecified atom stereocenters. The number of rotatable bonds is 8. The maximum Gasteiger partial charge on any atom is 0.223 e. The van der Waals surface area contributed by atoms with Gasteiger partial charge in [0.25, 0.3) is 0 Å². The summed E-state index contributed by atoms with van der Waals surface area (Å²) >= 11 is 0. The fourth-order valence-corrected chi connectivity index (χ4v) is 3.03. The summed E-state index contributed by atoms with van der Waals surface area (Å²) in [6, 6.07) is 0.422. The molecule has 8 heteroatoms. The molecular weight excluding hydrogens is 457 g/mol. The number of hydrogen-bond acceptors (Lipinski definition) is 3. The second-order valence-corrected chi connectivity index (χ2v) is 7.57. The minimum absolute atomic E-state index is 0. The molecule has 1 rings (SSSR count). The van der Waals surface area contributed by atoms with Crippen molar-refractivity contribution in [1.82, 2.24) is 21.3 Å². The molecule has 1 aliphatic carbocycles. The van der Waals surface area contributed by atoms with E-state index < -0.39 is 0 Å². The fourth-order valence-electron chi connectivity index (χ4n) is 3.03. The van der Waals surface area contributed by atoms with Gasteiger partial charge >= 0.3 is 0 Å². The molecule has 1 saturated carbocycles. The molecule has 0 saturated heterocycles. The normalized spacial score (nSPS) is 20.0. The summed E-state index contributed by atoms with van der Waals surface area (Å²) in [5.41, 5.74) is 0. The van der Waals surface area contributed by atoms with Crippen LogP contribution in [0.1, 0.15) is 60.3 Å². The number of aliphatic imine (C=N–C) groups is 1. The highest BCUT2D eigenvalue weighted by atomic mass is 127. The van der Waals surface area contributed by atoms with Gasteiger partial charge in [-0.1, -0.05) is 20.3 Å². The van der Waals surface area contributed by atoms with Crippen LogP contribution in [0.15, 0.2) is 4.99 Å². The number of amides is 2. The van der Waals surface area contributed by atoms with Crippen LogP contribution in [0, 0.1) is 11.8 Å². The minimum Gasteiger partial charge on any atom is -0.357 e. The Morgan fingerprint density at radius 2 is 1.81 bits per heavy atom. The van der Waals surface area contributed by atoms with Crippen LogP contribution >= 0.6 is 24.0 Å². The van der Waals surface area contributed by atoms with Gasteiger partial charge in [-0.15, -0.1) is 24.0 Å². The van der Waals surface area contributed by atoms with Crippen LogP contribution in [-0.4, -0.2) is 49.5 Å². The van der Waals surface area contributed by atoms with E-state index in [1.54, 1.807) is 0 Å². The Morgan fingerprint density at radius 1 is 1.11 bits per heavy atom. The summed E-state index contributed by atoms with van der Waals surface area (Å²) in [7, 11) is 0. The molecule has 158 valence electrons. The van der Waals surface area contributed by atoms with Gasteiger partial charge in [0.1, 0.15) is 0 Å². The van der Waals surface area contributed by atoms with Crippen molar-refractivity contribution in [3.05, 3.63) is 0 Å². The summed E-state index contributed by atoms with van der Waals surface area (Å²) in [4.78, 5) is 28.4. The lowest BCUT2D eigenvalue weighted by atomic mass is 9.85. The van der Waals surface area contributed by atoms with Gasteiger partial charge in [-0.3, -0.25) is 14.6 Å². The van der Waals surface area contributed by atoms with Crippen molar-refractivity contribution in [3.63, 3.8) is 0 Å². The second-order valence-electron chi connectivity index (χ2n) is 7.57. The van der Waals surface area contributed by atoms with Gasteiger partial charge in [-0.05, 0) is 40.0 Å². The molecule has 0 bridgehead atoms. The highest BCUT2D eigenvalue weighted by molar-refractivity contribution is 14.0. The molecule has 0 spiro atoms. The first-order chi connectivity index (χ1) is 12.3. The summed E-state index contributed by atoms with van der Waals surface area (Å²) < 4.78 is 0. The first-order valence-corrected chi connectivity index (χ1v) is 9.96. The number of nitrogens with one attached hydrogen (secondary N) is 4. The molecular formula is C19H38IN5O2. The van der Waals surface area contributed by atoms with Gasteiger partial charge in [0, 0.05) is 37.0 Å². The second kappa shape index (κ2) is 14.0. The van der Waals surface area contributed by atoms with E-state index in [0.717, 1.165) is 38.2 Å². The molecule has 0 aliphatic heterocycles. The molecule has 1 fully saturated rings. The van der Waals surface area contributed by atoms with Crippen molar-refractivity contribution in [2.24, 2.45) is 16.8 Å². The standard InChI is InChI=1S/C19H37N5O2.HI/c1-6-20-19(22-11-10-21-17(25)13(2)3)24-16-9-7-8-15(12-16)18(26)23-14(4)5;/h13-16H,6-12H2,1-5H3,(H,21,25)(H,23,26)(H2,20,22,24);1H. The maximum absolute atomic E-state index is 12.3. The zero-order valence-electron chi connectivity index (χ0n) is 17.4. The largest absolute Gasteiger partial charge is 0.357 e. The van der Waals surface area contributed by atoms with Crippen LogP contribution in [0.2, 0.25) is 0 Å². The highest BCUT2D eigenvalue weighted by Crippen LogP contribution is 2.24. The van der Waals surface area contributed by atoms with Gasteiger partial charge in [0.15, 0.2) is 5.96 Å². The van der Waals surface area contributed by atoms with Crippen molar-refractivity contribution in [2.75, 3.05) is 19.6 Å². The van der Waals surface area contributed by atoms with Gasteiger partial charge in [0.2, 0.25) is 11.8 Å². The van der Waals surface area contributed by atoms with E-state index in [9.17, 15) is 9.59 Å². The summed E-state index contributed by atoms with van der Waals surface area (Å²) in [6.45, 7) is 11.6. The third-order valence-electron chi connectivity index (χ3n) is 4.37. The minimum atomic E-state index is -0.0125. The predicted molar refractivity (Wildman–Crippen MR) is 121 cm³/mol. The molecule has 0 aromatic carbocycles. The number of nitrogens with zero attached hydrogens (tertiary/aromatic N) is 1. The Kier molecular flexibility index (Phi) is 13.5. The molecule has 7 nitrogen and oxygen atoms in total. The average Bonchev–Trinajstić information content (AvgIpc) is 2.58. The summed E-state index contributed by atoms with van der Waals surface area (Å²) in [5, 5.41) is 12.6. The molecule has 2 amide bonds. The lowest BCUT2D eigenvalue weighted by molar-refractivity contribution is -0.126. The lowest BCUT2D eigenvalue weighted by Crippen LogP contribution is -2.47. The van der Waals surface area contributed by atoms with Crippen LogP contribution < -0.4 is 21.3 Å². The van der Waals surface area contributed by atoms with E-state index in [-0.39, 0.29) is 59.7 Å². The topological polar surface area (TPSA) is 94.6 Å². The fraction of sp³-hybridized carbons (Fsp3) is 0.842. The van der Waals surface area contributed by atoms with E-state index in [1.807, 2.05) is 34.6 Å².